The minimum atomic E-state index is -0.301. The van der Waals surface area contributed by atoms with Crippen LogP contribution in [0.5, 0.6) is 0 Å². The van der Waals surface area contributed by atoms with Crippen molar-refractivity contribution in [1.82, 2.24) is 4.98 Å². The van der Waals surface area contributed by atoms with Crippen LogP contribution in [0.15, 0.2) is 21.9 Å². The third-order valence-electron chi connectivity index (χ3n) is 2.28. The number of amides is 1. The molecule has 102 valence electrons. The molecule has 6 heteroatoms. The van der Waals surface area contributed by atoms with Gasteiger partial charge in [0.05, 0.1) is 11.8 Å². The van der Waals surface area contributed by atoms with Crippen molar-refractivity contribution in [3.8, 4) is 0 Å². The van der Waals surface area contributed by atoms with Gasteiger partial charge < -0.3 is 9.15 Å². The molecule has 0 aliphatic rings. The minimum absolute atomic E-state index is 0.126. The Hall–Kier alpha value is -1.66. The first-order chi connectivity index (χ1) is 9.04. The molecule has 1 N–H and O–H groups in total. The van der Waals surface area contributed by atoms with E-state index in [4.69, 9.17) is 9.15 Å². The fraction of sp³-hybridized carbons (Fsp3) is 0.385. The summed E-state index contributed by atoms with van der Waals surface area (Å²) in [7, 11) is 0. The highest BCUT2D eigenvalue weighted by molar-refractivity contribution is 7.13. The molecule has 1 amide bonds. The standard InChI is InChI=1S/C13H16N2O3S/c1-8(2)17-6-10-4-5-11(18-10)12(16)15-13-14-9(3)7-19-13/h4-5,7-8H,6H2,1-3H3,(H,14,15,16). The Balaban J connectivity index is 1.96. The lowest BCUT2D eigenvalue weighted by Gasteiger charge is -2.04. The first kappa shape index (κ1) is 13.8. The van der Waals surface area contributed by atoms with Crippen LogP contribution < -0.4 is 5.32 Å². The molecular weight excluding hydrogens is 264 g/mol. The van der Waals surface area contributed by atoms with Gasteiger partial charge in [-0.15, -0.1) is 11.3 Å². The molecule has 0 bridgehead atoms. The number of rotatable bonds is 5. The van der Waals surface area contributed by atoms with Gasteiger partial charge >= 0.3 is 0 Å². The number of hydrogen-bond donors (Lipinski definition) is 1. The number of anilines is 1. The van der Waals surface area contributed by atoms with Crippen LogP contribution >= 0.6 is 11.3 Å². The Bertz CT molecular complexity index is 560. The predicted molar refractivity (Wildman–Crippen MR) is 73.4 cm³/mol. The Morgan fingerprint density at radius 2 is 2.32 bits per heavy atom. The number of carbonyl (C=O) groups is 1. The van der Waals surface area contributed by atoms with Crippen LogP contribution in [0.1, 0.15) is 35.9 Å². The fourth-order valence-electron chi connectivity index (χ4n) is 1.40. The van der Waals surface area contributed by atoms with Gasteiger partial charge in [-0.25, -0.2) is 4.98 Å². The number of thiazole rings is 1. The molecule has 0 aromatic carbocycles. The molecule has 0 fully saturated rings. The third kappa shape index (κ3) is 3.90. The normalized spacial score (nSPS) is 10.9. The Kier molecular flexibility index (Phi) is 4.34. The van der Waals surface area contributed by atoms with Crippen molar-refractivity contribution in [3.63, 3.8) is 0 Å². The van der Waals surface area contributed by atoms with E-state index in [1.54, 1.807) is 12.1 Å². The molecule has 19 heavy (non-hydrogen) atoms. The summed E-state index contributed by atoms with van der Waals surface area (Å²) in [4.78, 5) is 16.1. The SMILES string of the molecule is Cc1csc(NC(=O)c2ccc(COC(C)C)o2)n1. The van der Waals surface area contributed by atoms with Crippen LogP contribution in [0.25, 0.3) is 0 Å². The number of ether oxygens (including phenoxy) is 1. The summed E-state index contributed by atoms with van der Waals surface area (Å²) in [5.74, 6) is 0.592. The van der Waals surface area contributed by atoms with Gasteiger partial charge in [-0.2, -0.15) is 0 Å². The van der Waals surface area contributed by atoms with Crippen LogP contribution in [-0.2, 0) is 11.3 Å². The second-order valence-corrected chi connectivity index (χ2v) is 5.23. The van der Waals surface area contributed by atoms with Crippen LogP contribution in [0.4, 0.5) is 5.13 Å². The number of nitrogens with one attached hydrogen (secondary N) is 1. The number of aryl methyl sites for hydroxylation is 1. The highest BCUT2D eigenvalue weighted by atomic mass is 32.1. The Labute approximate surface area is 115 Å². The second kappa shape index (κ2) is 5.99. The molecule has 0 spiro atoms. The highest BCUT2D eigenvalue weighted by Crippen LogP contribution is 2.17. The van der Waals surface area contributed by atoms with E-state index in [9.17, 15) is 4.79 Å². The maximum atomic E-state index is 11.9. The van der Waals surface area contributed by atoms with Crippen LogP contribution in [0.3, 0.4) is 0 Å². The average Bonchev–Trinajstić information content (AvgIpc) is 2.95. The summed E-state index contributed by atoms with van der Waals surface area (Å²) in [6, 6.07) is 3.37. The summed E-state index contributed by atoms with van der Waals surface area (Å²) in [6.45, 7) is 6.13. The molecule has 0 aliphatic heterocycles. The summed E-state index contributed by atoms with van der Waals surface area (Å²) in [5, 5.41) is 5.13. The first-order valence-electron chi connectivity index (χ1n) is 5.98. The van der Waals surface area contributed by atoms with Crippen molar-refractivity contribution >= 4 is 22.4 Å². The monoisotopic (exact) mass is 280 g/mol. The van der Waals surface area contributed by atoms with E-state index in [1.165, 1.54) is 11.3 Å². The maximum absolute atomic E-state index is 11.9. The number of nitrogens with zero attached hydrogens (tertiary/aromatic N) is 1. The number of aromatic nitrogens is 1. The molecule has 0 unspecified atom stereocenters. The molecule has 0 atom stereocenters. The van der Waals surface area contributed by atoms with Crippen molar-refractivity contribution in [3.05, 3.63) is 34.7 Å². The summed E-state index contributed by atoms with van der Waals surface area (Å²) in [6.07, 6.45) is 0.126. The molecule has 2 aromatic rings. The van der Waals surface area contributed by atoms with Gasteiger partial charge in [-0.1, -0.05) is 0 Å². The number of hydrogen-bond acceptors (Lipinski definition) is 5. The van der Waals surface area contributed by atoms with E-state index >= 15 is 0 Å². The summed E-state index contributed by atoms with van der Waals surface area (Å²) < 4.78 is 10.8. The van der Waals surface area contributed by atoms with Crippen molar-refractivity contribution in [2.75, 3.05) is 5.32 Å². The summed E-state index contributed by atoms with van der Waals surface area (Å²) in [5.41, 5.74) is 0.880. The van der Waals surface area contributed by atoms with E-state index in [0.29, 0.717) is 17.5 Å². The van der Waals surface area contributed by atoms with E-state index < -0.39 is 0 Å². The lowest BCUT2D eigenvalue weighted by atomic mass is 10.4. The van der Waals surface area contributed by atoms with Crippen molar-refractivity contribution in [1.29, 1.82) is 0 Å². The lowest BCUT2D eigenvalue weighted by Crippen LogP contribution is -2.10. The Morgan fingerprint density at radius 3 is 2.95 bits per heavy atom. The van der Waals surface area contributed by atoms with Gasteiger partial charge in [0, 0.05) is 5.38 Å². The van der Waals surface area contributed by atoms with Crippen LogP contribution in [0, 0.1) is 6.92 Å². The Morgan fingerprint density at radius 1 is 1.53 bits per heavy atom. The predicted octanol–water partition coefficient (Wildman–Crippen LogP) is 3.22. The fourth-order valence-corrected chi connectivity index (χ4v) is 2.08. The van der Waals surface area contributed by atoms with Crippen molar-refractivity contribution in [2.24, 2.45) is 0 Å². The molecule has 5 nitrogen and oxygen atoms in total. The molecule has 0 saturated heterocycles. The molecule has 2 aromatic heterocycles. The van der Waals surface area contributed by atoms with Gasteiger partial charge in [0.15, 0.2) is 10.9 Å². The maximum Gasteiger partial charge on any atom is 0.293 e. The number of carbonyl (C=O) groups excluding carboxylic acids is 1. The first-order valence-corrected chi connectivity index (χ1v) is 6.86. The highest BCUT2D eigenvalue weighted by Gasteiger charge is 2.13. The van der Waals surface area contributed by atoms with Gasteiger partial charge in [-0.05, 0) is 32.9 Å². The van der Waals surface area contributed by atoms with E-state index in [0.717, 1.165) is 5.69 Å². The molecule has 0 radical (unpaired) electrons. The molecule has 0 saturated carbocycles. The second-order valence-electron chi connectivity index (χ2n) is 4.37. The van der Waals surface area contributed by atoms with Crippen LogP contribution in [-0.4, -0.2) is 17.0 Å². The van der Waals surface area contributed by atoms with Gasteiger partial charge in [0.1, 0.15) is 12.4 Å². The molecule has 2 rings (SSSR count). The van der Waals surface area contributed by atoms with E-state index in [-0.39, 0.29) is 17.8 Å². The minimum Gasteiger partial charge on any atom is -0.453 e. The molecular formula is C13H16N2O3S. The molecule has 0 aliphatic carbocycles. The quantitative estimate of drug-likeness (QED) is 0.913. The van der Waals surface area contributed by atoms with Gasteiger partial charge in [0.25, 0.3) is 5.91 Å². The summed E-state index contributed by atoms with van der Waals surface area (Å²) >= 11 is 1.38. The van der Waals surface area contributed by atoms with Crippen molar-refractivity contribution in [2.45, 2.75) is 33.5 Å². The van der Waals surface area contributed by atoms with Crippen molar-refractivity contribution < 1.29 is 13.9 Å². The van der Waals surface area contributed by atoms with E-state index in [2.05, 4.69) is 10.3 Å². The largest absolute Gasteiger partial charge is 0.453 e. The zero-order valence-electron chi connectivity index (χ0n) is 11.1. The zero-order valence-corrected chi connectivity index (χ0v) is 11.9. The van der Waals surface area contributed by atoms with Gasteiger partial charge in [0.2, 0.25) is 0 Å². The van der Waals surface area contributed by atoms with Crippen LogP contribution in [0.2, 0.25) is 0 Å². The number of furan rings is 1. The van der Waals surface area contributed by atoms with E-state index in [1.807, 2.05) is 26.2 Å². The molecule has 2 heterocycles. The smallest absolute Gasteiger partial charge is 0.293 e. The third-order valence-corrected chi connectivity index (χ3v) is 3.16. The lowest BCUT2D eigenvalue weighted by molar-refractivity contribution is 0.0537. The topological polar surface area (TPSA) is 64.4 Å². The van der Waals surface area contributed by atoms with Gasteiger partial charge in [-0.3, -0.25) is 10.1 Å². The zero-order chi connectivity index (χ0) is 13.8. The average molecular weight is 280 g/mol.